The van der Waals surface area contributed by atoms with Crippen LogP contribution in [0.15, 0.2) is 42.7 Å². The number of aromatic nitrogens is 2. The number of carbonyl (C=O) groups is 2. The number of anilines is 1. The molecule has 0 aliphatic carbocycles. The maximum absolute atomic E-state index is 12.4. The van der Waals surface area contributed by atoms with Crippen molar-refractivity contribution in [2.75, 3.05) is 18.4 Å². The van der Waals surface area contributed by atoms with Gasteiger partial charge in [0.15, 0.2) is 0 Å². The minimum absolute atomic E-state index is 0.0306. The number of benzene rings is 1. The van der Waals surface area contributed by atoms with Gasteiger partial charge in [0.1, 0.15) is 0 Å². The minimum Gasteiger partial charge on any atom is -0.339 e. The number of hydrogen-bond acceptors (Lipinski definition) is 4. The average molecular weight is 345 g/mol. The second-order valence-corrected chi connectivity index (χ2v) is 6.07. The summed E-state index contributed by atoms with van der Waals surface area (Å²) in [6.07, 6.45) is 4.40. The molecule has 124 valence electrons. The van der Waals surface area contributed by atoms with Crippen LogP contribution < -0.4 is 5.32 Å². The predicted octanol–water partition coefficient (Wildman–Crippen LogP) is 2.62. The molecule has 0 unspecified atom stereocenters. The van der Waals surface area contributed by atoms with E-state index in [-0.39, 0.29) is 17.7 Å². The molecule has 0 atom stereocenters. The second-order valence-electron chi connectivity index (χ2n) is 5.64. The Balaban J connectivity index is 1.54. The number of nitrogens with one attached hydrogen (secondary N) is 1. The summed E-state index contributed by atoms with van der Waals surface area (Å²) in [4.78, 5) is 34.4. The normalized spacial score (nSPS) is 15.1. The first-order chi connectivity index (χ1) is 11.6. The summed E-state index contributed by atoms with van der Waals surface area (Å²) in [5.74, 6) is 0.0435. The van der Waals surface area contributed by atoms with Gasteiger partial charge in [-0.2, -0.15) is 0 Å². The van der Waals surface area contributed by atoms with Crippen molar-refractivity contribution in [2.45, 2.75) is 12.8 Å². The van der Waals surface area contributed by atoms with E-state index >= 15 is 0 Å². The quantitative estimate of drug-likeness (QED) is 0.928. The molecule has 1 aromatic carbocycles. The van der Waals surface area contributed by atoms with Gasteiger partial charge < -0.3 is 4.90 Å². The Kier molecular flexibility index (Phi) is 5.05. The molecule has 2 aromatic rings. The van der Waals surface area contributed by atoms with Gasteiger partial charge in [0.25, 0.3) is 5.91 Å². The van der Waals surface area contributed by atoms with Crippen LogP contribution >= 0.6 is 11.6 Å². The lowest BCUT2D eigenvalue weighted by Crippen LogP contribution is -2.41. The van der Waals surface area contributed by atoms with E-state index in [0.29, 0.717) is 42.5 Å². The van der Waals surface area contributed by atoms with E-state index in [0.717, 1.165) is 0 Å². The predicted molar refractivity (Wildman–Crippen MR) is 90.7 cm³/mol. The van der Waals surface area contributed by atoms with Crippen LogP contribution in [0, 0.1) is 5.92 Å². The van der Waals surface area contributed by atoms with Gasteiger partial charge >= 0.3 is 0 Å². The summed E-state index contributed by atoms with van der Waals surface area (Å²) < 4.78 is 0. The van der Waals surface area contributed by atoms with Crippen molar-refractivity contribution < 1.29 is 9.59 Å². The highest BCUT2D eigenvalue weighted by Gasteiger charge is 2.28. The number of nitrogens with zero attached hydrogens (tertiary/aromatic N) is 3. The fraction of sp³-hybridized carbons (Fsp3) is 0.294. The molecule has 0 saturated carbocycles. The number of rotatable bonds is 3. The second kappa shape index (κ2) is 7.40. The summed E-state index contributed by atoms with van der Waals surface area (Å²) in [5, 5.41) is 3.32. The molecule has 3 rings (SSSR count). The Morgan fingerprint density at radius 1 is 1.08 bits per heavy atom. The standard InChI is InChI=1S/C17H17ClN4O2/c18-14-4-2-13(3-5-14)16(24)22-10-6-12(7-11-22)15(23)21-17-19-8-1-9-20-17/h1-5,8-9,12H,6-7,10-11H2,(H,19,20,21,23). The molecule has 1 aliphatic rings. The van der Waals surface area contributed by atoms with Gasteiger partial charge in [-0.25, -0.2) is 9.97 Å². The maximum atomic E-state index is 12.4. The van der Waals surface area contributed by atoms with Crippen molar-refractivity contribution >= 4 is 29.4 Å². The Morgan fingerprint density at radius 3 is 2.33 bits per heavy atom. The highest BCUT2D eigenvalue weighted by atomic mass is 35.5. The van der Waals surface area contributed by atoms with Crippen LogP contribution in [0.5, 0.6) is 0 Å². The molecule has 24 heavy (non-hydrogen) atoms. The van der Waals surface area contributed by atoms with Crippen LogP contribution in [-0.2, 0) is 4.79 Å². The molecule has 1 saturated heterocycles. The largest absolute Gasteiger partial charge is 0.339 e. The van der Waals surface area contributed by atoms with Crippen LogP contribution in [0.2, 0.25) is 5.02 Å². The van der Waals surface area contributed by atoms with Crippen LogP contribution in [0.1, 0.15) is 23.2 Å². The number of carbonyl (C=O) groups excluding carboxylic acids is 2. The molecule has 0 radical (unpaired) electrons. The molecule has 0 bridgehead atoms. The van der Waals surface area contributed by atoms with E-state index in [1.54, 1.807) is 47.6 Å². The van der Waals surface area contributed by atoms with E-state index in [1.165, 1.54) is 0 Å². The van der Waals surface area contributed by atoms with Gasteiger partial charge in [0.05, 0.1) is 0 Å². The van der Waals surface area contributed by atoms with Crippen LogP contribution in [0.3, 0.4) is 0 Å². The van der Waals surface area contributed by atoms with Crippen molar-refractivity contribution in [1.29, 1.82) is 0 Å². The van der Waals surface area contributed by atoms with Crippen LogP contribution in [0.25, 0.3) is 0 Å². The van der Waals surface area contributed by atoms with Gasteiger partial charge in [-0.3, -0.25) is 14.9 Å². The third kappa shape index (κ3) is 3.89. The number of piperidine rings is 1. The zero-order valence-electron chi connectivity index (χ0n) is 13.0. The highest BCUT2D eigenvalue weighted by Crippen LogP contribution is 2.21. The first-order valence-corrected chi connectivity index (χ1v) is 8.14. The summed E-state index contributed by atoms with van der Waals surface area (Å²) in [6.45, 7) is 1.10. The zero-order valence-corrected chi connectivity index (χ0v) is 13.7. The number of halogens is 1. The molecule has 1 aliphatic heterocycles. The summed E-state index contributed by atoms with van der Waals surface area (Å²) in [6, 6.07) is 8.53. The third-order valence-corrected chi connectivity index (χ3v) is 4.30. The summed E-state index contributed by atoms with van der Waals surface area (Å²) in [7, 11) is 0. The Hall–Kier alpha value is -2.47. The minimum atomic E-state index is -0.136. The molecule has 7 heteroatoms. The van der Waals surface area contributed by atoms with Crippen LogP contribution in [-0.4, -0.2) is 39.8 Å². The van der Waals surface area contributed by atoms with Crippen molar-refractivity contribution in [2.24, 2.45) is 5.92 Å². The number of hydrogen-bond donors (Lipinski definition) is 1. The maximum Gasteiger partial charge on any atom is 0.253 e. The number of likely N-dealkylation sites (tertiary alicyclic amines) is 1. The van der Waals surface area contributed by atoms with E-state index in [4.69, 9.17) is 11.6 Å². The average Bonchev–Trinajstić information content (AvgIpc) is 2.63. The highest BCUT2D eigenvalue weighted by molar-refractivity contribution is 6.30. The third-order valence-electron chi connectivity index (χ3n) is 4.04. The van der Waals surface area contributed by atoms with E-state index in [2.05, 4.69) is 15.3 Å². The topological polar surface area (TPSA) is 75.2 Å². The molecular formula is C17H17ClN4O2. The summed E-state index contributed by atoms with van der Waals surface area (Å²) in [5.41, 5.74) is 0.611. The fourth-order valence-corrected chi connectivity index (χ4v) is 2.82. The van der Waals surface area contributed by atoms with E-state index in [1.807, 2.05) is 0 Å². The Labute approximate surface area is 144 Å². The molecule has 0 spiro atoms. The lowest BCUT2D eigenvalue weighted by atomic mass is 9.95. The Bertz CT molecular complexity index is 713. The lowest BCUT2D eigenvalue weighted by Gasteiger charge is -2.31. The first-order valence-electron chi connectivity index (χ1n) is 7.76. The molecule has 2 heterocycles. The van der Waals surface area contributed by atoms with Gasteiger partial charge in [-0.05, 0) is 43.2 Å². The first kappa shape index (κ1) is 16.4. The monoisotopic (exact) mass is 344 g/mol. The smallest absolute Gasteiger partial charge is 0.253 e. The SMILES string of the molecule is O=C(Nc1ncccn1)C1CCN(C(=O)c2ccc(Cl)cc2)CC1. The molecule has 1 N–H and O–H groups in total. The van der Waals surface area contributed by atoms with Gasteiger partial charge in [0.2, 0.25) is 11.9 Å². The lowest BCUT2D eigenvalue weighted by molar-refractivity contribution is -0.121. The van der Waals surface area contributed by atoms with Gasteiger partial charge in [-0.15, -0.1) is 0 Å². The van der Waals surface area contributed by atoms with Gasteiger partial charge in [0, 0.05) is 42.0 Å². The molecule has 6 nitrogen and oxygen atoms in total. The fourth-order valence-electron chi connectivity index (χ4n) is 2.70. The van der Waals surface area contributed by atoms with Crippen molar-refractivity contribution in [3.8, 4) is 0 Å². The molecular weight excluding hydrogens is 328 g/mol. The van der Waals surface area contributed by atoms with E-state index < -0.39 is 0 Å². The molecule has 1 fully saturated rings. The molecule has 2 amide bonds. The van der Waals surface area contributed by atoms with E-state index in [9.17, 15) is 9.59 Å². The van der Waals surface area contributed by atoms with Crippen molar-refractivity contribution in [3.63, 3.8) is 0 Å². The summed E-state index contributed by atoms with van der Waals surface area (Å²) >= 11 is 5.84. The Morgan fingerprint density at radius 2 is 1.71 bits per heavy atom. The van der Waals surface area contributed by atoms with Crippen molar-refractivity contribution in [1.82, 2.24) is 14.9 Å². The number of amides is 2. The van der Waals surface area contributed by atoms with Crippen LogP contribution in [0.4, 0.5) is 5.95 Å². The van der Waals surface area contributed by atoms with Gasteiger partial charge in [-0.1, -0.05) is 11.6 Å². The zero-order chi connectivity index (χ0) is 16.9. The van der Waals surface area contributed by atoms with Crippen molar-refractivity contribution in [3.05, 3.63) is 53.3 Å². The molecule has 1 aromatic heterocycles.